The minimum Gasteiger partial charge on any atom is -0.289 e. The Labute approximate surface area is 75.9 Å². The summed E-state index contributed by atoms with van der Waals surface area (Å²) in [7, 11) is 0. The molecule has 0 aromatic heterocycles. The van der Waals surface area contributed by atoms with E-state index in [9.17, 15) is 13.2 Å². The predicted octanol–water partition coefficient (Wildman–Crippen LogP) is 2.28. The van der Waals surface area contributed by atoms with Crippen molar-refractivity contribution in [2.45, 2.75) is 38.5 Å². The molecule has 1 aliphatic heterocycles. The van der Waals surface area contributed by atoms with Crippen LogP contribution in [0.25, 0.3) is 0 Å². The van der Waals surface area contributed by atoms with Crippen molar-refractivity contribution in [1.82, 2.24) is 4.90 Å². The normalized spacial score (nSPS) is 39.7. The van der Waals surface area contributed by atoms with E-state index in [0.717, 1.165) is 6.42 Å². The van der Waals surface area contributed by atoms with E-state index in [1.54, 1.807) is 4.90 Å². The zero-order valence-electron chi connectivity index (χ0n) is 7.80. The molecule has 0 N–H and O–H groups in total. The van der Waals surface area contributed by atoms with Crippen LogP contribution in [0.3, 0.4) is 0 Å². The van der Waals surface area contributed by atoms with Crippen LogP contribution in [0.4, 0.5) is 13.2 Å². The summed E-state index contributed by atoms with van der Waals surface area (Å²) in [5.41, 5.74) is 0. The van der Waals surface area contributed by atoms with Crippen molar-refractivity contribution >= 4 is 0 Å². The van der Waals surface area contributed by atoms with Crippen molar-refractivity contribution < 1.29 is 13.2 Å². The van der Waals surface area contributed by atoms with Gasteiger partial charge in [0.15, 0.2) is 0 Å². The van der Waals surface area contributed by atoms with Gasteiger partial charge < -0.3 is 0 Å². The third-order valence-electron chi connectivity index (χ3n) is 3.18. The number of fused-ring (bicyclic) bond motifs is 1. The Morgan fingerprint density at radius 2 is 1.92 bits per heavy atom. The molecular weight excluding hydrogens is 179 g/mol. The zero-order valence-corrected chi connectivity index (χ0v) is 7.80. The van der Waals surface area contributed by atoms with E-state index >= 15 is 0 Å². The fourth-order valence-corrected chi connectivity index (χ4v) is 2.46. The topological polar surface area (TPSA) is 3.24 Å². The quantitative estimate of drug-likeness (QED) is 0.617. The highest BCUT2D eigenvalue weighted by Crippen LogP contribution is 2.54. The van der Waals surface area contributed by atoms with Gasteiger partial charge >= 0.3 is 6.18 Å². The largest absolute Gasteiger partial charge is 0.404 e. The summed E-state index contributed by atoms with van der Waals surface area (Å²) in [6.07, 6.45) is -3.24. The molecule has 2 rings (SSSR count). The van der Waals surface area contributed by atoms with Crippen LogP contribution < -0.4 is 0 Å². The monoisotopic (exact) mass is 193 g/mol. The second-order valence-electron chi connectivity index (χ2n) is 4.44. The molecule has 1 saturated carbocycles. The molecule has 0 aromatic rings. The Hall–Kier alpha value is -0.250. The molecule has 76 valence electrons. The minimum atomic E-state index is -4.03. The van der Waals surface area contributed by atoms with Gasteiger partial charge in [-0.25, -0.2) is 0 Å². The molecule has 4 heteroatoms. The maximum Gasteiger partial charge on any atom is 0.404 e. The lowest BCUT2D eigenvalue weighted by Crippen LogP contribution is -2.47. The highest BCUT2D eigenvalue weighted by Gasteiger charge is 2.62. The first-order valence-electron chi connectivity index (χ1n) is 4.73. The van der Waals surface area contributed by atoms with Crippen LogP contribution in [-0.4, -0.2) is 29.7 Å². The molecule has 2 unspecified atom stereocenters. The fraction of sp³-hybridized carbons (Fsp3) is 1.00. The smallest absolute Gasteiger partial charge is 0.289 e. The van der Waals surface area contributed by atoms with Crippen LogP contribution in [0, 0.1) is 11.8 Å². The van der Waals surface area contributed by atoms with Gasteiger partial charge in [0.1, 0.15) is 6.04 Å². The highest BCUT2D eigenvalue weighted by molar-refractivity contribution is 5.07. The van der Waals surface area contributed by atoms with E-state index < -0.39 is 12.2 Å². The van der Waals surface area contributed by atoms with Crippen molar-refractivity contribution in [1.29, 1.82) is 0 Å². The van der Waals surface area contributed by atoms with Gasteiger partial charge in [-0.1, -0.05) is 0 Å². The van der Waals surface area contributed by atoms with E-state index in [4.69, 9.17) is 0 Å². The van der Waals surface area contributed by atoms with Gasteiger partial charge in [0, 0.05) is 12.6 Å². The lowest BCUT2D eigenvalue weighted by Gasteiger charge is -2.32. The molecule has 0 aromatic carbocycles. The Kier molecular flexibility index (Phi) is 1.88. The third-order valence-corrected chi connectivity index (χ3v) is 3.18. The summed E-state index contributed by atoms with van der Waals surface area (Å²) in [5, 5.41) is 0. The Morgan fingerprint density at radius 1 is 1.31 bits per heavy atom. The summed E-state index contributed by atoms with van der Waals surface area (Å²) in [4.78, 5) is 1.60. The maximum absolute atomic E-state index is 12.6. The SMILES string of the molecule is CC(C)N1CC2CC2[C@@H]1C(F)(F)F. The molecule has 0 spiro atoms. The van der Waals surface area contributed by atoms with Gasteiger partial charge in [0.2, 0.25) is 0 Å². The average Bonchev–Trinajstić information content (AvgIpc) is 2.58. The van der Waals surface area contributed by atoms with E-state index in [1.165, 1.54) is 0 Å². The van der Waals surface area contributed by atoms with Gasteiger partial charge in [0.05, 0.1) is 0 Å². The van der Waals surface area contributed by atoms with Gasteiger partial charge in [-0.3, -0.25) is 4.90 Å². The maximum atomic E-state index is 12.6. The first kappa shape index (κ1) is 9.31. The summed E-state index contributed by atoms with van der Waals surface area (Å²) in [5.74, 6) is 0.233. The number of piperidine rings is 1. The number of hydrogen-bond acceptors (Lipinski definition) is 1. The standard InChI is InChI=1S/C9H14F3N/c1-5(2)13-4-6-3-7(6)8(13)9(10,11)12/h5-8H,3-4H2,1-2H3/t6?,7?,8-/m1/s1. The molecule has 1 aliphatic carbocycles. The Bertz CT molecular complexity index is 211. The van der Waals surface area contributed by atoms with E-state index in [-0.39, 0.29) is 12.0 Å². The van der Waals surface area contributed by atoms with Gasteiger partial charge in [-0.2, -0.15) is 13.2 Å². The minimum absolute atomic E-state index is 0.0134. The molecule has 0 radical (unpaired) electrons. The molecule has 0 amide bonds. The van der Waals surface area contributed by atoms with Crippen molar-refractivity contribution in [3.05, 3.63) is 0 Å². The summed E-state index contributed by atoms with van der Waals surface area (Å²) in [6.45, 7) is 4.32. The third kappa shape index (κ3) is 1.45. The van der Waals surface area contributed by atoms with E-state index in [1.807, 2.05) is 13.8 Å². The second-order valence-corrected chi connectivity index (χ2v) is 4.44. The van der Waals surface area contributed by atoms with E-state index in [0.29, 0.717) is 12.5 Å². The Balaban J connectivity index is 2.14. The summed E-state index contributed by atoms with van der Waals surface area (Å²) in [6, 6.07) is -1.14. The molecule has 2 fully saturated rings. The lowest BCUT2D eigenvalue weighted by atomic mass is 10.1. The number of likely N-dealkylation sites (tertiary alicyclic amines) is 1. The Morgan fingerprint density at radius 3 is 2.31 bits per heavy atom. The van der Waals surface area contributed by atoms with Gasteiger partial charge in [-0.15, -0.1) is 0 Å². The molecule has 0 bridgehead atoms. The van der Waals surface area contributed by atoms with Crippen molar-refractivity contribution in [3.8, 4) is 0 Å². The first-order valence-corrected chi connectivity index (χ1v) is 4.73. The fourth-order valence-electron chi connectivity index (χ4n) is 2.46. The number of rotatable bonds is 1. The van der Waals surface area contributed by atoms with Gasteiger partial charge in [-0.05, 0) is 32.1 Å². The molecule has 1 heterocycles. The van der Waals surface area contributed by atoms with E-state index in [2.05, 4.69) is 0 Å². The molecule has 13 heavy (non-hydrogen) atoms. The molecule has 1 nitrogen and oxygen atoms in total. The molecular formula is C9H14F3N. The van der Waals surface area contributed by atoms with Gasteiger partial charge in [0.25, 0.3) is 0 Å². The molecule has 3 atom stereocenters. The van der Waals surface area contributed by atoms with Crippen molar-refractivity contribution in [2.75, 3.05) is 6.54 Å². The van der Waals surface area contributed by atoms with Crippen LogP contribution >= 0.6 is 0 Å². The van der Waals surface area contributed by atoms with Crippen LogP contribution in [0.1, 0.15) is 20.3 Å². The summed E-state index contributed by atoms with van der Waals surface area (Å²) >= 11 is 0. The van der Waals surface area contributed by atoms with Crippen molar-refractivity contribution in [3.63, 3.8) is 0 Å². The number of nitrogens with zero attached hydrogens (tertiary/aromatic N) is 1. The second kappa shape index (κ2) is 2.62. The number of halogens is 3. The van der Waals surface area contributed by atoms with Crippen molar-refractivity contribution in [2.24, 2.45) is 11.8 Å². The lowest BCUT2D eigenvalue weighted by molar-refractivity contribution is -0.186. The number of hydrogen-bond donors (Lipinski definition) is 0. The molecule has 2 aliphatic rings. The van der Waals surface area contributed by atoms with Crippen LogP contribution in [0.15, 0.2) is 0 Å². The first-order chi connectivity index (χ1) is 5.91. The van der Waals surface area contributed by atoms with Crippen LogP contribution in [-0.2, 0) is 0 Å². The van der Waals surface area contributed by atoms with Crippen LogP contribution in [0.5, 0.6) is 0 Å². The summed E-state index contributed by atoms with van der Waals surface area (Å²) < 4.78 is 37.8. The average molecular weight is 193 g/mol. The molecule has 1 saturated heterocycles. The predicted molar refractivity (Wildman–Crippen MR) is 43.3 cm³/mol. The zero-order chi connectivity index (χ0) is 9.80. The highest BCUT2D eigenvalue weighted by atomic mass is 19.4. The number of alkyl halides is 3. The van der Waals surface area contributed by atoms with Crippen LogP contribution in [0.2, 0.25) is 0 Å².